The second-order valence-electron chi connectivity index (χ2n) is 4.63. The van der Waals surface area contributed by atoms with Gasteiger partial charge in [0.2, 0.25) is 5.91 Å². The first kappa shape index (κ1) is 13.4. The van der Waals surface area contributed by atoms with Crippen LogP contribution in [0, 0.1) is 0 Å². The highest BCUT2D eigenvalue weighted by atomic mass is 32.2. The van der Waals surface area contributed by atoms with Gasteiger partial charge in [0, 0.05) is 42.9 Å². The summed E-state index contributed by atoms with van der Waals surface area (Å²) in [5, 5.41) is 7.74. The van der Waals surface area contributed by atoms with E-state index in [0.29, 0.717) is 5.25 Å². The van der Waals surface area contributed by atoms with Gasteiger partial charge in [0.15, 0.2) is 0 Å². The number of amides is 1. The Labute approximate surface area is 112 Å². The summed E-state index contributed by atoms with van der Waals surface area (Å²) < 4.78 is 1.72. The number of thioether (sulfide) groups is 1. The topological polar surface area (TPSA) is 50.2 Å². The molecular formula is C12H20N4OS. The summed E-state index contributed by atoms with van der Waals surface area (Å²) in [6, 6.07) is -0.283. The SMILES string of the molecule is CNC(C(=O)N1CCSC(C)C1)c1cnn(C)c1. The Kier molecular flexibility index (Phi) is 4.29. The van der Waals surface area contributed by atoms with E-state index < -0.39 is 0 Å². The van der Waals surface area contributed by atoms with Gasteiger partial charge in [-0.15, -0.1) is 0 Å². The quantitative estimate of drug-likeness (QED) is 0.874. The molecular weight excluding hydrogens is 248 g/mol. The third kappa shape index (κ3) is 2.87. The van der Waals surface area contributed by atoms with Gasteiger partial charge in [-0.05, 0) is 7.05 Å². The van der Waals surface area contributed by atoms with Crippen molar-refractivity contribution in [3.63, 3.8) is 0 Å². The summed E-state index contributed by atoms with van der Waals surface area (Å²) in [6.45, 7) is 3.84. The van der Waals surface area contributed by atoms with E-state index in [2.05, 4.69) is 17.3 Å². The van der Waals surface area contributed by atoms with E-state index >= 15 is 0 Å². The van der Waals surface area contributed by atoms with E-state index in [9.17, 15) is 4.79 Å². The molecule has 0 spiro atoms. The molecule has 0 aliphatic carbocycles. The molecule has 1 fully saturated rings. The molecule has 0 bridgehead atoms. The summed E-state index contributed by atoms with van der Waals surface area (Å²) in [6.07, 6.45) is 3.64. The van der Waals surface area contributed by atoms with Crippen LogP contribution in [-0.4, -0.2) is 51.7 Å². The molecule has 100 valence electrons. The maximum absolute atomic E-state index is 12.5. The Bertz CT molecular complexity index is 420. The number of carbonyl (C=O) groups is 1. The molecule has 2 heterocycles. The molecule has 1 aromatic heterocycles. The number of hydrogen-bond acceptors (Lipinski definition) is 4. The fraction of sp³-hybridized carbons (Fsp3) is 0.667. The number of hydrogen-bond donors (Lipinski definition) is 1. The zero-order valence-corrected chi connectivity index (χ0v) is 11.9. The number of nitrogens with zero attached hydrogens (tertiary/aromatic N) is 3. The normalized spacial score (nSPS) is 21.9. The van der Waals surface area contributed by atoms with Crippen LogP contribution in [0.3, 0.4) is 0 Å². The zero-order valence-electron chi connectivity index (χ0n) is 11.1. The van der Waals surface area contributed by atoms with Crippen molar-refractivity contribution >= 4 is 17.7 Å². The molecule has 0 radical (unpaired) electrons. The van der Waals surface area contributed by atoms with Crippen LogP contribution < -0.4 is 5.32 Å². The summed E-state index contributed by atoms with van der Waals surface area (Å²) in [5.74, 6) is 1.17. The van der Waals surface area contributed by atoms with Crippen molar-refractivity contribution in [2.24, 2.45) is 7.05 Å². The second kappa shape index (κ2) is 5.75. The van der Waals surface area contributed by atoms with Crippen LogP contribution in [0.4, 0.5) is 0 Å². The Hall–Kier alpha value is -1.01. The van der Waals surface area contributed by atoms with Crippen molar-refractivity contribution in [1.82, 2.24) is 20.0 Å². The van der Waals surface area contributed by atoms with Gasteiger partial charge < -0.3 is 10.2 Å². The van der Waals surface area contributed by atoms with Gasteiger partial charge in [-0.25, -0.2) is 0 Å². The van der Waals surface area contributed by atoms with Crippen LogP contribution in [0.25, 0.3) is 0 Å². The molecule has 1 saturated heterocycles. The highest BCUT2D eigenvalue weighted by Crippen LogP contribution is 2.21. The van der Waals surface area contributed by atoms with E-state index in [4.69, 9.17) is 0 Å². The van der Waals surface area contributed by atoms with E-state index in [1.807, 2.05) is 37.0 Å². The van der Waals surface area contributed by atoms with Crippen LogP contribution >= 0.6 is 11.8 Å². The minimum Gasteiger partial charge on any atom is -0.339 e. The van der Waals surface area contributed by atoms with Crippen molar-refractivity contribution < 1.29 is 4.79 Å². The van der Waals surface area contributed by atoms with Crippen molar-refractivity contribution in [1.29, 1.82) is 0 Å². The van der Waals surface area contributed by atoms with Gasteiger partial charge in [-0.3, -0.25) is 9.48 Å². The lowest BCUT2D eigenvalue weighted by molar-refractivity contribution is -0.133. The van der Waals surface area contributed by atoms with E-state index in [1.54, 1.807) is 10.9 Å². The van der Waals surface area contributed by atoms with Crippen molar-refractivity contribution in [3.05, 3.63) is 18.0 Å². The van der Waals surface area contributed by atoms with Gasteiger partial charge in [-0.1, -0.05) is 6.92 Å². The first-order valence-corrected chi connectivity index (χ1v) is 7.23. The molecule has 1 aromatic rings. The smallest absolute Gasteiger partial charge is 0.244 e. The van der Waals surface area contributed by atoms with Gasteiger partial charge in [0.25, 0.3) is 0 Å². The standard InChI is InChI=1S/C12H20N4OS/c1-9-7-16(4-5-18-9)12(17)11(13-2)10-6-14-15(3)8-10/h6,8-9,11,13H,4-5,7H2,1-3H3. The third-order valence-electron chi connectivity index (χ3n) is 3.15. The van der Waals surface area contributed by atoms with E-state index in [1.165, 1.54) is 0 Å². The van der Waals surface area contributed by atoms with Crippen LogP contribution in [0.5, 0.6) is 0 Å². The molecule has 5 nitrogen and oxygen atoms in total. The number of carbonyl (C=O) groups excluding carboxylic acids is 1. The molecule has 18 heavy (non-hydrogen) atoms. The molecule has 1 aliphatic heterocycles. The Balaban J connectivity index is 2.10. The number of rotatable bonds is 3. The summed E-state index contributed by atoms with van der Waals surface area (Å²) in [5.41, 5.74) is 0.927. The zero-order chi connectivity index (χ0) is 13.1. The predicted octanol–water partition coefficient (Wildman–Crippen LogP) is 0.644. The molecule has 0 saturated carbocycles. The first-order valence-electron chi connectivity index (χ1n) is 6.18. The average molecular weight is 268 g/mol. The maximum atomic E-state index is 12.5. The molecule has 2 unspecified atom stereocenters. The molecule has 2 rings (SSSR count). The Morgan fingerprint density at radius 2 is 2.44 bits per heavy atom. The van der Waals surface area contributed by atoms with Crippen LogP contribution in [0.2, 0.25) is 0 Å². The monoisotopic (exact) mass is 268 g/mol. The van der Waals surface area contributed by atoms with E-state index in [0.717, 1.165) is 24.4 Å². The van der Waals surface area contributed by atoms with Crippen LogP contribution in [-0.2, 0) is 11.8 Å². The van der Waals surface area contributed by atoms with Crippen molar-refractivity contribution in [2.75, 3.05) is 25.9 Å². The Morgan fingerprint density at radius 1 is 1.67 bits per heavy atom. The third-order valence-corrected chi connectivity index (χ3v) is 4.28. The predicted molar refractivity (Wildman–Crippen MR) is 73.5 cm³/mol. The number of nitrogens with one attached hydrogen (secondary N) is 1. The lowest BCUT2D eigenvalue weighted by Gasteiger charge is -2.33. The summed E-state index contributed by atoms with van der Waals surface area (Å²) in [4.78, 5) is 14.5. The van der Waals surface area contributed by atoms with Gasteiger partial charge in [-0.2, -0.15) is 16.9 Å². The lowest BCUT2D eigenvalue weighted by Crippen LogP contribution is -2.45. The van der Waals surface area contributed by atoms with E-state index in [-0.39, 0.29) is 11.9 Å². The van der Waals surface area contributed by atoms with Gasteiger partial charge in [0.1, 0.15) is 6.04 Å². The molecule has 6 heteroatoms. The largest absolute Gasteiger partial charge is 0.339 e. The fourth-order valence-electron chi connectivity index (χ4n) is 2.22. The number of likely N-dealkylation sites (N-methyl/N-ethyl adjacent to an activating group) is 1. The molecule has 1 amide bonds. The molecule has 0 aromatic carbocycles. The summed E-state index contributed by atoms with van der Waals surface area (Å²) >= 11 is 1.93. The minimum atomic E-state index is -0.283. The number of aryl methyl sites for hydroxylation is 1. The van der Waals surface area contributed by atoms with Crippen molar-refractivity contribution in [2.45, 2.75) is 18.2 Å². The molecule has 1 N–H and O–H groups in total. The lowest BCUT2D eigenvalue weighted by atomic mass is 10.1. The highest BCUT2D eigenvalue weighted by Gasteiger charge is 2.28. The molecule has 2 atom stereocenters. The van der Waals surface area contributed by atoms with Crippen molar-refractivity contribution in [3.8, 4) is 0 Å². The fourth-order valence-corrected chi connectivity index (χ4v) is 3.24. The molecule has 1 aliphatic rings. The Morgan fingerprint density at radius 3 is 3.00 bits per heavy atom. The average Bonchev–Trinajstić information content (AvgIpc) is 2.76. The summed E-state index contributed by atoms with van der Waals surface area (Å²) in [7, 11) is 3.68. The minimum absolute atomic E-state index is 0.151. The second-order valence-corrected chi connectivity index (χ2v) is 6.18. The van der Waals surface area contributed by atoms with Crippen LogP contribution in [0.15, 0.2) is 12.4 Å². The van der Waals surface area contributed by atoms with Gasteiger partial charge >= 0.3 is 0 Å². The maximum Gasteiger partial charge on any atom is 0.244 e. The first-order chi connectivity index (χ1) is 8.61. The number of aromatic nitrogens is 2. The van der Waals surface area contributed by atoms with Crippen LogP contribution in [0.1, 0.15) is 18.5 Å². The highest BCUT2D eigenvalue weighted by molar-refractivity contribution is 7.99. The van der Waals surface area contributed by atoms with Gasteiger partial charge in [0.05, 0.1) is 6.20 Å².